The summed E-state index contributed by atoms with van der Waals surface area (Å²) in [5.74, 6) is 0.127. The third-order valence-electron chi connectivity index (χ3n) is 2.22. The van der Waals surface area contributed by atoms with Crippen molar-refractivity contribution < 1.29 is 9.53 Å². The number of nitrogens with zero attached hydrogens (tertiary/aromatic N) is 1. The zero-order valence-corrected chi connectivity index (χ0v) is 10.5. The lowest BCUT2D eigenvalue weighted by atomic mass is 10.3. The number of hydrogen-bond donors (Lipinski definition) is 1. The number of likely N-dealkylation sites (N-methyl/N-ethyl adjacent to an activating group) is 1. The molecule has 0 aliphatic rings. The first-order valence-electron chi connectivity index (χ1n) is 5.59. The molecule has 0 aromatic rings. The lowest BCUT2D eigenvalue weighted by molar-refractivity contribution is -0.131. The van der Waals surface area contributed by atoms with E-state index in [-0.39, 0.29) is 18.1 Å². The molecule has 1 unspecified atom stereocenters. The van der Waals surface area contributed by atoms with Crippen molar-refractivity contribution in [2.24, 2.45) is 0 Å². The average Bonchev–Trinajstić information content (AvgIpc) is 2.21. The maximum absolute atomic E-state index is 11.6. The van der Waals surface area contributed by atoms with Gasteiger partial charge in [-0.25, -0.2) is 0 Å². The molecule has 0 heterocycles. The highest BCUT2D eigenvalue weighted by atomic mass is 16.5. The lowest BCUT2D eigenvalue weighted by Crippen LogP contribution is -2.44. The van der Waals surface area contributed by atoms with E-state index in [4.69, 9.17) is 4.74 Å². The van der Waals surface area contributed by atoms with Crippen LogP contribution in [-0.4, -0.2) is 49.7 Å². The molecular formula is C11H24N2O2. The molecule has 0 aliphatic carbocycles. The van der Waals surface area contributed by atoms with Crippen LogP contribution in [0.1, 0.15) is 27.7 Å². The van der Waals surface area contributed by atoms with Crippen molar-refractivity contribution in [1.29, 1.82) is 0 Å². The van der Waals surface area contributed by atoms with Crippen LogP contribution in [0, 0.1) is 0 Å². The van der Waals surface area contributed by atoms with Crippen LogP contribution in [-0.2, 0) is 9.53 Å². The highest BCUT2D eigenvalue weighted by molar-refractivity contribution is 5.81. The van der Waals surface area contributed by atoms with Crippen molar-refractivity contribution >= 4 is 5.91 Å². The van der Waals surface area contributed by atoms with Crippen LogP contribution in [0.4, 0.5) is 0 Å². The van der Waals surface area contributed by atoms with Crippen molar-refractivity contribution in [3.8, 4) is 0 Å². The normalized spacial score (nSPS) is 12.9. The second kappa shape index (κ2) is 7.65. The monoisotopic (exact) mass is 216 g/mol. The molecule has 0 spiro atoms. The van der Waals surface area contributed by atoms with Gasteiger partial charge in [-0.3, -0.25) is 4.79 Å². The Morgan fingerprint density at radius 1 is 1.40 bits per heavy atom. The highest BCUT2D eigenvalue weighted by Gasteiger charge is 2.14. The largest absolute Gasteiger partial charge is 0.377 e. The zero-order chi connectivity index (χ0) is 11.8. The molecule has 0 bridgehead atoms. The van der Waals surface area contributed by atoms with E-state index >= 15 is 0 Å². The van der Waals surface area contributed by atoms with Gasteiger partial charge in [0.05, 0.1) is 18.8 Å². The summed E-state index contributed by atoms with van der Waals surface area (Å²) in [5, 5.41) is 3.14. The van der Waals surface area contributed by atoms with Crippen LogP contribution in [0.25, 0.3) is 0 Å². The molecule has 0 saturated heterocycles. The Morgan fingerprint density at radius 2 is 2.00 bits per heavy atom. The Hall–Kier alpha value is -0.610. The van der Waals surface area contributed by atoms with E-state index < -0.39 is 0 Å². The van der Waals surface area contributed by atoms with E-state index in [1.54, 1.807) is 4.90 Å². The minimum absolute atomic E-state index is 0.127. The molecule has 0 aromatic heterocycles. The van der Waals surface area contributed by atoms with Crippen LogP contribution < -0.4 is 5.32 Å². The van der Waals surface area contributed by atoms with Gasteiger partial charge < -0.3 is 15.0 Å². The van der Waals surface area contributed by atoms with Crippen molar-refractivity contribution in [3.63, 3.8) is 0 Å². The molecule has 1 amide bonds. The predicted octanol–water partition coefficient (Wildman–Crippen LogP) is 0.868. The van der Waals surface area contributed by atoms with Gasteiger partial charge in [0.1, 0.15) is 0 Å². The Labute approximate surface area is 93.0 Å². The fraction of sp³-hybridized carbons (Fsp3) is 0.909. The van der Waals surface area contributed by atoms with E-state index in [0.717, 1.165) is 6.54 Å². The van der Waals surface area contributed by atoms with Crippen LogP contribution in [0.5, 0.6) is 0 Å². The van der Waals surface area contributed by atoms with Gasteiger partial charge in [-0.15, -0.1) is 0 Å². The fourth-order valence-electron chi connectivity index (χ4n) is 1.14. The van der Waals surface area contributed by atoms with E-state index in [0.29, 0.717) is 13.2 Å². The summed E-state index contributed by atoms with van der Waals surface area (Å²) in [6, 6.07) is -0.134. The highest BCUT2D eigenvalue weighted by Crippen LogP contribution is 1.91. The third kappa shape index (κ3) is 6.47. The van der Waals surface area contributed by atoms with Gasteiger partial charge in [0.15, 0.2) is 0 Å². The fourth-order valence-corrected chi connectivity index (χ4v) is 1.14. The second-order valence-electron chi connectivity index (χ2n) is 3.95. The van der Waals surface area contributed by atoms with Gasteiger partial charge in [0.2, 0.25) is 5.91 Å². The SMILES string of the molecule is CCN(C)C(=O)C(C)NCCOC(C)C. The minimum atomic E-state index is -0.134. The Bertz CT molecular complexity index is 183. The van der Waals surface area contributed by atoms with E-state index in [1.807, 2.05) is 34.7 Å². The third-order valence-corrected chi connectivity index (χ3v) is 2.22. The molecule has 0 fully saturated rings. The summed E-state index contributed by atoms with van der Waals surface area (Å²) < 4.78 is 5.37. The molecule has 0 radical (unpaired) electrons. The Kier molecular flexibility index (Phi) is 7.34. The molecule has 4 heteroatoms. The molecule has 0 aromatic carbocycles. The maximum Gasteiger partial charge on any atom is 0.239 e. The molecule has 15 heavy (non-hydrogen) atoms. The van der Waals surface area contributed by atoms with Gasteiger partial charge in [0.25, 0.3) is 0 Å². The Morgan fingerprint density at radius 3 is 2.47 bits per heavy atom. The van der Waals surface area contributed by atoms with Gasteiger partial charge in [0, 0.05) is 20.1 Å². The molecule has 1 N–H and O–H groups in total. The standard InChI is InChI=1S/C11H24N2O2/c1-6-13(5)11(14)10(4)12-7-8-15-9(2)3/h9-10,12H,6-8H2,1-5H3. The lowest BCUT2D eigenvalue weighted by Gasteiger charge is -2.20. The van der Waals surface area contributed by atoms with E-state index in [1.165, 1.54) is 0 Å². The summed E-state index contributed by atoms with van der Waals surface area (Å²) in [5.41, 5.74) is 0. The van der Waals surface area contributed by atoms with Crippen molar-refractivity contribution in [3.05, 3.63) is 0 Å². The topological polar surface area (TPSA) is 41.6 Å². The summed E-state index contributed by atoms with van der Waals surface area (Å²) in [7, 11) is 1.81. The summed E-state index contributed by atoms with van der Waals surface area (Å²) in [6.45, 7) is 9.94. The minimum Gasteiger partial charge on any atom is -0.377 e. The van der Waals surface area contributed by atoms with Crippen LogP contribution in [0.2, 0.25) is 0 Å². The molecule has 4 nitrogen and oxygen atoms in total. The summed E-state index contributed by atoms with van der Waals surface area (Å²) in [6.07, 6.45) is 0.246. The van der Waals surface area contributed by atoms with Gasteiger partial charge in [-0.1, -0.05) is 0 Å². The number of carbonyl (C=O) groups is 1. The number of ether oxygens (including phenoxy) is 1. The maximum atomic E-state index is 11.6. The molecular weight excluding hydrogens is 192 g/mol. The van der Waals surface area contributed by atoms with Crippen LogP contribution >= 0.6 is 0 Å². The Balaban J connectivity index is 3.64. The van der Waals surface area contributed by atoms with Crippen molar-refractivity contribution in [1.82, 2.24) is 10.2 Å². The number of hydrogen-bond acceptors (Lipinski definition) is 3. The number of nitrogens with one attached hydrogen (secondary N) is 1. The molecule has 0 saturated carbocycles. The average molecular weight is 216 g/mol. The smallest absolute Gasteiger partial charge is 0.239 e. The van der Waals surface area contributed by atoms with Crippen LogP contribution in [0.15, 0.2) is 0 Å². The first-order valence-corrected chi connectivity index (χ1v) is 5.59. The molecule has 1 atom stereocenters. The molecule has 90 valence electrons. The van der Waals surface area contributed by atoms with Crippen molar-refractivity contribution in [2.75, 3.05) is 26.7 Å². The van der Waals surface area contributed by atoms with Crippen LogP contribution in [0.3, 0.4) is 0 Å². The zero-order valence-electron chi connectivity index (χ0n) is 10.5. The predicted molar refractivity (Wildman–Crippen MR) is 61.9 cm³/mol. The first kappa shape index (κ1) is 14.4. The van der Waals surface area contributed by atoms with E-state index in [2.05, 4.69) is 5.32 Å². The van der Waals surface area contributed by atoms with Gasteiger partial charge in [-0.2, -0.15) is 0 Å². The molecule has 0 rings (SSSR count). The summed E-state index contributed by atoms with van der Waals surface area (Å²) >= 11 is 0. The summed E-state index contributed by atoms with van der Waals surface area (Å²) in [4.78, 5) is 13.3. The van der Waals surface area contributed by atoms with E-state index in [9.17, 15) is 4.79 Å². The number of carbonyl (C=O) groups excluding carboxylic acids is 1. The van der Waals surface area contributed by atoms with Crippen molar-refractivity contribution in [2.45, 2.75) is 39.8 Å². The second-order valence-corrected chi connectivity index (χ2v) is 3.95. The number of rotatable bonds is 7. The van der Waals surface area contributed by atoms with Gasteiger partial charge >= 0.3 is 0 Å². The first-order chi connectivity index (χ1) is 6.99. The quantitative estimate of drug-likeness (QED) is 0.642. The van der Waals surface area contributed by atoms with Gasteiger partial charge in [-0.05, 0) is 27.7 Å². The number of amides is 1. The molecule has 0 aliphatic heterocycles.